The Bertz CT molecular complexity index is 457. The Hall–Kier alpha value is -0.960. The molecule has 0 fully saturated rings. The number of aromatic amines is 1. The SMILES string of the molecule is CCOC(C)CNS(=O)(=O)c1[nH]ncc1CNC. The van der Waals surface area contributed by atoms with Crippen LogP contribution in [0.4, 0.5) is 0 Å². The first kappa shape index (κ1) is 15.1. The van der Waals surface area contributed by atoms with E-state index in [0.717, 1.165) is 0 Å². The molecule has 104 valence electrons. The molecule has 1 atom stereocenters. The average molecular weight is 276 g/mol. The minimum absolute atomic E-state index is 0.0977. The van der Waals surface area contributed by atoms with Gasteiger partial charge in [-0.25, -0.2) is 13.1 Å². The summed E-state index contributed by atoms with van der Waals surface area (Å²) in [5, 5.41) is 9.25. The number of aromatic nitrogens is 2. The van der Waals surface area contributed by atoms with Crippen molar-refractivity contribution in [3.8, 4) is 0 Å². The van der Waals surface area contributed by atoms with Gasteiger partial charge in [0, 0.05) is 25.3 Å². The number of nitrogens with zero attached hydrogens (tertiary/aromatic N) is 1. The molecule has 0 aliphatic heterocycles. The molecular formula is C10H20N4O3S. The van der Waals surface area contributed by atoms with E-state index in [2.05, 4.69) is 20.2 Å². The summed E-state index contributed by atoms with van der Waals surface area (Å²) in [6.07, 6.45) is 1.33. The molecule has 3 N–H and O–H groups in total. The molecule has 0 saturated carbocycles. The fourth-order valence-electron chi connectivity index (χ4n) is 1.49. The van der Waals surface area contributed by atoms with Gasteiger partial charge in [-0.3, -0.25) is 5.10 Å². The van der Waals surface area contributed by atoms with E-state index in [0.29, 0.717) is 18.7 Å². The van der Waals surface area contributed by atoms with Crippen LogP contribution in [0.15, 0.2) is 11.2 Å². The van der Waals surface area contributed by atoms with Gasteiger partial charge in [0.2, 0.25) is 0 Å². The van der Waals surface area contributed by atoms with Crippen LogP contribution in [-0.2, 0) is 21.3 Å². The van der Waals surface area contributed by atoms with Crippen LogP contribution >= 0.6 is 0 Å². The molecule has 7 nitrogen and oxygen atoms in total. The summed E-state index contributed by atoms with van der Waals surface area (Å²) in [7, 11) is -1.83. The summed E-state index contributed by atoms with van der Waals surface area (Å²) in [5.74, 6) is 0. The molecule has 1 rings (SSSR count). The Morgan fingerprint density at radius 2 is 2.28 bits per heavy atom. The molecule has 0 amide bonds. The second-order valence-corrected chi connectivity index (χ2v) is 5.58. The van der Waals surface area contributed by atoms with Crippen molar-refractivity contribution in [3.05, 3.63) is 11.8 Å². The molecule has 0 spiro atoms. The number of rotatable bonds is 8. The van der Waals surface area contributed by atoms with E-state index in [-0.39, 0.29) is 17.7 Å². The number of nitrogens with one attached hydrogen (secondary N) is 3. The largest absolute Gasteiger partial charge is 0.377 e. The predicted octanol–water partition coefficient (Wildman–Crippen LogP) is -0.168. The Kier molecular flexibility index (Phi) is 5.73. The van der Waals surface area contributed by atoms with Crippen LogP contribution in [0.25, 0.3) is 0 Å². The number of hydrogen-bond acceptors (Lipinski definition) is 5. The van der Waals surface area contributed by atoms with Gasteiger partial charge in [0.15, 0.2) is 5.03 Å². The lowest BCUT2D eigenvalue weighted by Crippen LogP contribution is -2.33. The number of hydrogen-bond donors (Lipinski definition) is 3. The van der Waals surface area contributed by atoms with Gasteiger partial charge >= 0.3 is 0 Å². The predicted molar refractivity (Wildman–Crippen MR) is 67.6 cm³/mol. The van der Waals surface area contributed by atoms with Crippen molar-refractivity contribution in [2.24, 2.45) is 0 Å². The lowest BCUT2D eigenvalue weighted by atomic mass is 10.4. The van der Waals surface area contributed by atoms with Crippen molar-refractivity contribution < 1.29 is 13.2 Å². The van der Waals surface area contributed by atoms with Crippen molar-refractivity contribution in [2.45, 2.75) is 31.5 Å². The molecule has 0 bridgehead atoms. The molecule has 1 heterocycles. The highest BCUT2D eigenvalue weighted by molar-refractivity contribution is 7.89. The van der Waals surface area contributed by atoms with Crippen molar-refractivity contribution >= 4 is 10.0 Å². The number of ether oxygens (including phenoxy) is 1. The first-order valence-electron chi connectivity index (χ1n) is 5.79. The van der Waals surface area contributed by atoms with Gasteiger partial charge in [-0.05, 0) is 20.9 Å². The molecule has 0 aliphatic rings. The van der Waals surface area contributed by atoms with Crippen molar-refractivity contribution in [1.82, 2.24) is 20.2 Å². The maximum absolute atomic E-state index is 12.0. The van der Waals surface area contributed by atoms with E-state index in [1.54, 1.807) is 7.05 Å². The Labute approximate surface area is 107 Å². The minimum atomic E-state index is -3.57. The molecular weight excluding hydrogens is 256 g/mol. The number of sulfonamides is 1. The van der Waals surface area contributed by atoms with E-state index in [9.17, 15) is 8.42 Å². The standard InChI is InChI=1S/C10H20N4O3S/c1-4-17-8(2)5-13-18(15,16)10-9(6-11-3)7-12-14-10/h7-8,11,13H,4-6H2,1-3H3,(H,12,14). The lowest BCUT2D eigenvalue weighted by molar-refractivity contribution is 0.0799. The van der Waals surface area contributed by atoms with Crippen molar-refractivity contribution in [2.75, 3.05) is 20.2 Å². The van der Waals surface area contributed by atoms with Gasteiger partial charge in [-0.2, -0.15) is 5.10 Å². The van der Waals surface area contributed by atoms with E-state index in [1.165, 1.54) is 6.20 Å². The summed E-state index contributed by atoms with van der Waals surface area (Å²) >= 11 is 0. The van der Waals surface area contributed by atoms with Crippen LogP contribution < -0.4 is 10.0 Å². The van der Waals surface area contributed by atoms with Crippen molar-refractivity contribution in [3.63, 3.8) is 0 Å². The summed E-state index contributed by atoms with van der Waals surface area (Å²) in [6.45, 7) is 4.90. The molecule has 18 heavy (non-hydrogen) atoms. The first-order chi connectivity index (χ1) is 8.51. The van der Waals surface area contributed by atoms with Crippen LogP contribution in [0.1, 0.15) is 19.4 Å². The fraction of sp³-hybridized carbons (Fsp3) is 0.700. The van der Waals surface area contributed by atoms with E-state index < -0.39 is 10.0 Å². The summed E-state index contributed by atoms with van der Waals surface area (Å²) < 4.78 is 31.8. The molecule has 1 unspecified atom stereocenters. The summed E-state index contributed by atoms with van der Waals surface area (Å²) in [6, 6.07) is 0. The second-order valence-electron chi connectivity index (χ2n) is 3.87. The second kappa shape index (κ2) is 6.83. The highest BCUT2D eigenvalue weighted by atomic mass is 32.2. The third kappa shape index (κ3) is 4.05. The molecule has 0 radical (unpaired) electrons. The topological polar surface area (TPSA) is 96.1 Å². The highest BCUT2D eigenvalue weighted by Gasteiger charge is 2.20. The molecule has 1 aromatic rings. The van der Waals surface area contributed by atoms with Gasteiger partial charge < -0.3 is 10.1 Å². The summed E-state index contributed by atoms with van der Waals surface area (Å²) in [4.78, 5) is 0. The van der Waals surface area contributed by atoms with Gasteiger partial charge in [0.1, 0.15) is 0 Å². The molecule has 0 saturated heterocycles. The molecule has 1 aromatic heterocycles. The van der Waals surface area contributed by atoms with Crippen LogP contribution in [0.3, 0.4) is 0 Å². The highest BCUT2D eigenvalue weighted by Crippen LogP contribution is 2.11. The zero-order valence-electron chi connectivity index (χ0n) is 10.9. The van der Waals surface area contributed by atoms with E-state index >= 15 is 0 Å². The van der Waals surface area contributed by atoms with Gasteiger partial charge in [0.05, 0.1) is 12.3 Å². The van der Waals surface area contributed by atoms with Crippen molar-refractivity contribution in [1.29, 1.82) is 0 Å². The molecule has 0 aromatic carbocycles. The van der Waals surface area contributed by atoms with Crippen LogP contribution in [0, 0.1) is 0 Å². The third-order valence-corrected chi connectivity index (χ3v) is 3.76. The smallest absolute Gasteiger partial charge is 0.257 e. The van der Waals surface area contributed by atoms with E-state index in [1.807, 2.05) is 13.8 Å². The third-order valence-electron chi connectivity index (χ3n) is 2.33. The molecule has 8 heteroatoms. The first-order valence-corrected chi connectivity index (χ1v) is 7.27. The lowest BCUT2D eigenvalue weighted by Gasteiger charge is -2.12. The Balaban J connectivity index is 2.71. The Morgan fingerprint density at radius 1 is 1.56 bits per heavy atom. The van der Waals surface area contributed by atoms with Crippen LogP contribution in [-0.4, -0.2) is 44.9 Å². The van der Waals surface area contributed by atoms with E-state index in [4.69, 9.17) is 4.74 Å². The zero-order chi connectivity index (χ0) is 13.6. The zero-order valence-corrected chi connectivity index (χ0v) is 11.7. The Morgan fingerprint density at radius 3 is 2.89 bits per heavy atom. The number of H-pyrrole nitrogens is 1. The van der Waals surface area contributed by atoms with Crippen LogP contribution in [0.2, 0.25) is 0 Å². The van der Waals surface area contributed by atoms with Gasteiger partial charge in [0.25, 0.3) is 10.0 Å². The average Bonchev–Trinajstić information content (AvgIpc) is 2.77. The normalized spacial score (nSPS) is 13.7. The van der Waals surface area contributed by atoms with Gasteiger partial charge in [-0.1, -0.05) is 0 Å². The quantitative estimate of drug-likeness (QED) is 0.613. The monoisotopic (exact) mass is 276 g/mol. The maximum Gasteiger partial charge on any atom is 0.257 e. The minimum Gasteiger partial charge on any atom is -0.377 e. The fourth-order valence-corrected chi connectivity index (χ4v) is 2.73. The van der Waals surface area contributed by atoms with Crippen LogP contribution in [0.5, 0.6) is 0 Å². The summed E-state index contributed by atoms with van der Waals surface area (Å²) in [5.41, 5.74) is 0.606. The molecule has 0 aliphatic carbocycles. The van der Waals surface area contributed by atoms with Gasteiger partial charge in [-0.15, -0.1) is 0 Å². The maximum atomic E-state index is 12.0.